The number of halogens is 3. The smallest absolute Gasteiger partial charge is 0.419 e. The molecular formula is C27H24F3N3O3. The van der Waals surface area contributed by atoms with Crippen molar-refractivity contribution in [1.82, 2.24) is 9.97 Å². The van der Waals surface area contributed by atoms with Crippen LogP contribution in [0.15, 0.2) is 79.0 Å². The van der Waals surface area contributed by atoms with Gasteiger partial charge in [0.1, 0.15) is 18.2 Å². The van der Waals surface area contributed by atoms with Crippen LogP contribution in [-0.2, 0) is 23.1 Å². The van der Waals surface area contributed by atoms with Crippen LogP contribution < -0.4 is 10.5 Å². The fourth-order valence-corrected chi connectivity index (χ4v) is 3.79. The van der Waals surface area contributed by atoms with Crippen molar-refractivity contribution in [2.24, 2.45) is 5.73 Å². The van der Waals surface area contributed by atoms with E-state index in [2.05, 4.69) is 9.97 Å². The van der Waals surface area contributed by atoms with E-state index in [0.717, 1.165) is 22.8 Å². The molecule has 0 aliphatic rings. The molecule has 0 bridgehead atoms. The summed E-state index contributed by atoms with van der Waals surface area (Å²) in [6, 6.07) is 20.9. The van der Waals surface area contributed by atoms with E-state index in [-0.39, 0.29) is 29.4 Å². The molecule has 0 saturated carbocycles. The number of imidazole rings is 1. The van der Waals surface area contributed by atoms with Crippen LogP contribution in [0, 0.1) is 0 Å². The van der Waals surface area contributed by atoms with Gasteiger partial charge in [0, 0.05) is 5.56 Å². The molecule has 0 saturated heterocycles. The van der Waals surface area contributed by atoms with E-state index in [4.69, 9.17) is 15.6 Å². The maximum atomic E-state index is 13.9. The largest absolute Gasteiger partial charge is 0.488 e. The highest BCUT2D eigenvalue weighted by Gasteiger charge is 2.35. The van der Waals surface area contributed by atoms with Gasteiger partial charge in [-0.2, -0.15) is 13.2 Å². The summed E-state index contributed by atoms with van der Waals surface area (Å²) in [7, 11) is 0. The monoisotopic (exact) mass is 495 g/mol. The minimum atomic E-state index is -4.66. The quantitative estimate of drug-likeness (QED) is 0.279. The van der Waals surface area contributed by atoms with Gasteiger partial charge < -0.3 is 20.6 Å². The van der Waals surface area contributed by atoms with Crippen molar-refractivity contribution in [3.63, 3.8) is 0 Å². The minimum Gasteiger partial charge on any atom is -0.488 e. The van der Waals surface area contributed by atoms with Crippen molar-refractivity contribution in [3.05, 3.63) is 95.9 Å². The Balaban J connectivity index is 1.54. The van der Waals surface area contributed by atoms with Crippen LogP contribution in [0.1, 0.15) is 30.3 Å². The molecule has 6 nitrogen and oxygen atoms in total. The van der Waals surface area contributed by atoms with Crippen LogP contribution in [-0.4, -0.2) is 21.0 Å². The molecule has 0 amide bonds. The average Bonchev–Trinajstić information content (AvgIpc) is 3.34. The molecule has 4 rings (SSSR count). The molecule has 0 fully saturated rings. The molecule has 0 aliphatic heterocycles. The Kier molecular flexibility index (Phi) is 6.85. The Morgan fingerprint density at radius 2 is 1.64 bits per heavy atom. The molecule has 9 heteroatoms. The number of ether oxygens (including phenoxy) is 1. The Bertz CT molecular complexity index is 1350. The molecule has 4 N–H and O–H groups in total. The lowest BCUT2D eigenvalue weighted by Crippen LogP contribution is -2.36. The van der Waals surface area contributed by atoms with Crippen molar-refractivity contribution in [1.29, 1.82) is 0 Å². The number of alkyl halides is 3. The summed E-state index contributed by atoms with van der Waals surface area (Å²) >= 11 is 0. The van der Waals surface area contributed by atoms with E-state index in [1.807, 2.05) is 54.6 Å². The van der Waals surface area contributed by atoms with Crippen LogP contribution in [0.5, 0.6) is 5.75 Å². The molecule has 186 valence electrons. The van der Waals surface area contributed by atoms with Gasteiger partial charge in [-0.05, 0) is 41.8 Å². The third-order valence-corrected chi connectivity index (χ3v) is 5.69. The van der Waals surface area contributed by atoms with E-state index in [0.29, 0.717) is 0 Å². The first-order valence-electron chi connectivity index (χ1n) is 11.1. The topological polar surface area (TPSA) is 101 Å². The molecule has 1 heterocycles. The van der Waals surface area contributed by atoms with E-state index >= 15 is 0 Å². The highest BCUT2D eigenvalue weighted by atomic mass is 19.4. The molecule has 0 unspecified atom stereocenters. The summed E-state index contributed by atoms with van der Waals surface area (Å²) in [5, 5.41) is 9.03. The molecule has 3 aromatic carbocycles. The Morgan fingerprint density at radius 3 is 2.28 bits per heavy atom. The van der Waals surface area contributed by atoms with Crippen LogP contribution >= 0.6 is 0 Å². The maximum absolute atomic E-state index is 13.9. The summed E-state index contributed by atoms with van der Waals surface area (Å²) in [5.41, 5.74) is 7.03. The summed E-state index contributed by atoms with van der Waals surface area (Å²) in [6.07, 6.45) is -3.73. The van der Waals surface area contributed by atoms with E-state index < -0.39 is 29.7 Å². The first-order chi connectivity index (χ1) is 17.0. The third-order valence-electron chi connectivity index (χ3n) is 5.69. The van der Waals surface area contributed by atoms with Gasteiger partial charge in [0.2, 0.25) is 0 Å². The van der Waals surface area contributed by atoms with E-state index in [9.17, 15) is 18.0 Å². The maximum Gasteiger partial charge on any atom is 0.419 e. The normalized spacial score (nSPS) is 13.2. The molecule has 0 spiro atoms. The third kappa shape index (κ3) is 5.75. The zero-order valence-corrected chi connectivity index (χ0v) is 19.3. The molecule has 0 aliphatic carbocycles. The zero-order valence-electron chi connectivity index (χ0n) is 19.3. The van der Waals surface area contributed by atoms with Gasteiger partial charge in [-0.15, -0.1) is 0 Å². The predicted molar refractivity (Wildman–Crippen MR) is 129 cm³/mol. The summed E-state index contributed by atoms with van der Waals surface area (Å²) < 4.78 is 47.1. The number of aromatic nitrogens is 2. The van der Waals surface area contributed by atoms with Crippen LogP contribution in [0.3, 0.4) is 0 Å². The van der Waals surface area contributed by atoms with Gasteiger partial charge in [0.05, 0.1) is 29.4 Å². The Morgan fingerprint density at radius 1 is 1.00 bits per heavy atom. The number of aromatic amines is 1. The summed E-state index contributed by atoms with van der Waals surface area (Å²) in [5.74, 6) is -1.26. The first kappa shape index (κ1) is 25.0. The number of hydrogen-bond donors (Lipinski definition) is 3. The van der Waals surface area contributed by atoms with Crippen molar-refractivity contribution < 1.29 is 27.8 Å². The van der Waals surface area contributed by atoms with Crippen LogP contribution in [0.4, 0.5) is 13.2 Å². The Labute approximate surface area is 205 Å². The molecule has 1 atom stereocenters. The van der Waals surface area contributed by atoms with Gasteiger partial charge >= 0.3 is 12.1 Å². The Hall–Kier alpha value is -4.11. The van der Waals surface area contributed by atoms with Gasteiger partial charge in [0.15, 0.2) is 0 Å². The fourth-order valence-electron chi connectivity index (χ4n) is 3.79. The number of rotatable bonds is 8. The van der Waals surface area contributed by atoms with E-state index in [1.165, 1.54) is 25.3 Å². The fraction of sp³-hybridized carbons (Fsp3) is 0.185. The van der Waals surface area contributed by atoms with Crippen molar-refractivity contribution in [2.75, 3.05) is 0 Å². The van der Waals surface area contributed by atoms with Crippen molar-refractivity contribution in [3.8, 4) is 28.1 Å². The molecule has 0 radical (unpaired) electrons. The second-order valence-electron chi connectivity index (χ2n) is 8.69. The van der Waals surface area contributed by atoms with Crippen molar-refractivity contribution in [2.45, 2.75) is 31.7 Å². The highest BCUT2D eigenvalue weighted by molar-refractivity contribution is 5.69. The molecule has 36 heavy (non-hydrogen) atoms. The van der Waals surface area contributed by atoms with Crippen LogP contribution in [0.2, 0.25) is 0 Å². The highest BCUT2D eigenvalue weighted by Crippen LogP contribution is 2.39. The second-order valence-corrected chi connectivity index (χ2v) is 8.69. The number of carboxylic acids is 1. The number of nitrogens with one attached hydrogen (secondary N) is 1. The molecule has 4 aromatic rings. The average molecular weight is 496 g/mol. The van der Waals surface area contributed by atoms with Gasteiger partial charge in [-0.25, -0.2) is 4.98 Å². The number of carbonyl (C=O) groups is 1. The number of hydrogen-bond acceptors (Lipinski definition) is 4. The SMILES string of the molecule is C[C@](N)(CC(=O)O)c1ncc(-c2ccc(OCc3ccc(-c4ccccc4)cc3)c(C(F)(F)F)c2)[nH]1. The number of nitrogens with two attached hydrogens (primary N) is 1. The number of carboxylic acid groups (broad SMARTS) is 1. The first-order valence-corrected chi connectivity index (χ1v) is 11.1. The lowest BCUT2D eigenvalue weighted by atomic mass is 9.99. The summed E-state index contributed by atoms with van der Waals surface area (Å²) in [4.78, 5) is 18.0. The van der Waals surface area contributed by atoms with Gasteiger partial charge in [-0.1, -0.05) is 54.6 Å². The van der Waals surface area contributed by atoms with Crippen LogP contribution in [0.25, 0.3) is 22.4 Å². The summed E-state index contributed by atoms with van der Waals surface area (Å²) in [6.45, 7) is 1.45. The lowest BCUT2D eigenvalue weighted by Gasteiger charge is -2.19. The van der Waals surface area contributed by atoms with Gasteiger partial charge in [-0.3, -0.25) is 4.79 Å². The van der Waals surface area contributed by atoms with Gasteiger partial charge in [0.25, 0.3) is 0 Å². The molecule has 1 aromatic heterocycles. The lowest BCUT2D eigenvalue weighted by molar-refractivity contribution is -0.139. The number of aliphatic carboxylic acids is 1. The number of benzene rings is 3. The molecular weight excluding hydrogens is 471 g/mol. The predicted octanol–water partition coefficient (Wildman–Crippen LogP) is 5.99. The minimum absolute atomic E-state index is 0.0353. The number of H-pyrrole nitrogens is 1. The number of nitrogens with zero attached hydrogens (tertiary/aromatic N) is 1. The zero-order chi connectivity index (χ0) is 25.9. The second kappa shape index (κ2) is 9.87. The van der Waals surface area contributed by atoms with E-state index in [1.54, 1.807) is 0 Å². The standard InChI is InChI=1S/C27H24F3N3O3/c1-26(31,14-24(34)35)25-32-15-22(33-25)20-11-12-23(21(13-20)27(28,29)30)36-16-17-7-9-19(10-8-17)18-5-3-2-4-6-18/h2-13,15H,14,16,31H2,1H3,(H,32,33)(H,34,35)/t26-/m0/s1. The van der Waals surface area contributed by atoms with Crippen molar-refractivity contribution >= 4 is 5.97 Å².